The molecule has 3 aromatic rings. The van der Waals surface area contributed by atoms with Crippen molar-refractivity contribution in [3.8, 4) is 0 Å². The molecule has 0 aliphatic heterocycles. The fourth-order valence-electron chi connectivity index (χ4n) is 3.75. The number of anilines is 2. The van der Waals surface area contributed by atoms with Gasteiger partial charge in [-0.15, -0.1) is 0 Å². The van der Waals surface area contributed by atoms with E-state index in [1.165, 1.54) is 12.4 Å². The molecular formula is C19H25N7O2. The molecule has 3 heterocycles. The van der Waals surface area contributed by atoms with Crippen molar-refractivity contribution in [1.29, 1.82) is 0 Å². The molecule has 3 N–H and O–H groups in total. The lowest BCUT2D eigenvalue weighted by atomic mass is 10.1. The first-order chi connectivity index (χ1) is 13.7. The number of nitrogens with one attached hydrogen (secondary N) is 2. The van der Waals surface area contributed by atoms with Crippen molar-refractivity contribution in [3.05, 3.63) is 47.1 Å². The van der Waals surface area contributed by atoms with Crippen LogP contribution in [0.15, 0.2) is 30.7 Å². The summed E-state index contributed by atoms with van der Waals surface area (Å²) in [5.74, 6) is 1.32. The van der Waals surface area contributed by atoms with Gasteiger partial charge in [0.05, 0.1) is 6.20 Å². The summed E-state index contributed by atoms with van der Waals surface area (Å²) in [7, 11) is 0. The van der Waals surface area contributed by atoms with Crippen LogP contribution in [0.5, 0.6) is 0 Å². The summed E-state index contributed by atoms with van der Waals surface area (Å²) in [6, 6.07) is 3.76. The van der Waals surface area contributed by atoms with Crippen molar-refractivity contribution in [2.24, 2.45) is 5.92 Å². The Morgan fingerprint density at radius 1 is 1.36 bits per heavy atom. The van der Waals surface area contributed by atoms with Gasteiger partial charge in [0.25, 0.3) is 0 Å². The summed E-state index contributed by atoms with van der Waals surface area (Å²) in [5.41, 5.74) is 2.64. The van der Waals surface area contributed by atoms with Gasteiger partial charge in [-0.1, -0.05) is 13.3 Å². The third-order valence-electron chi connectivity index (χ3n) is 5.32. The normalized spacial score (nSPS) is 19.2. The third kappa shape index (κ3) is 3.70. The fraction of sp³-hybridized carbons (Fsp3) is 0.474. The van der Waals surface area contributed by atoms with Gasteiger partial charge in [-0.3, -0.25) is 0 Å². The van der Waals surface area contributed by atoms with Gasteiger partial charge >= 0.3 is 0 Å². The highest BCUT2D eigenvalue weighted by atomic mass is 16.5. The lowest BCUT2D eigenvalue weighted by Gasteiger charge is -2.19. The molecule has 1 aliphatic rings. The highest BCUT2D eigenvalue weighted by molar-refractivity contribution is 5.54. The van der Waals surface area contributed by atoms with Crippen LogP contribution in [-0.2, 0) is 13.0 Å². The van der Waals surface area contributed by atoms with E-state index in [1.54, 1.807) is 16.8 Å². The Morgan fingerprint density at radius 3 is 3.04 bits per heavy atom. The van der Waals surface area contributed by atoms with Crippen molar-refractivity contribution < 1.29 is 9.84 Å². The first-order valence-electron chi connectivity index (χ1n) is 9.71. The van der Waals surface area contributed by atoms with Gasteiger partial charge in [0.2, 0.25) is 11.9 Å². The molecule has 0 saturated heterocycles. The van der Waals surface area contributed by atoms with Crippen LogP contribution in [0.2, 0.25) is 0 Å². The SMILES string of the molecule is CCc1cnn2c(NCc3ccc[n+]([O-])c3)nc(NC3CCCC3CO)nc12. The first kappa shape index (κ1) is 18.4. The van der Waals surface area contributed by atoms with Gasteiger partial charge in [0, 0.05) is 42.3 Å². The van der Waals surface area contributed by atoms with E-state index in [1.807, 2.05) is 6.07 Å². The van der Waals surface area contributed by atoms with E-state index in [0.29, 0.717) is 18.4 Å². The molecule has 28 heavy (non-hydrogen) atoms. The number of aliphatic hydroxyl groups is 1. The molecule has 4 rings (SSSR count). The van der Waals surface area contributed by atoms with Gasteiger partial charge in [0.15, 0.2) is 18.0 Å². The van der Waals surface area contributed by atoms with Gasteiger partial charge in [-0.05, 0) is 25.3 Å². The molecule has 1 saturated carbocycles. The lowest BCUT2D eigenvalue weighted by molar-refractivity contribution is -0.605. The van der Waals surface area contributed by atoms with E-state index in [9.17, 15) is 10.3 Å². The minimum absolute atomic E-state index is 0.168. The van der Waals surface area contributed by atoms with Gasteiger partial charge in [-0.25, -0.2) is 0 Å². The van der Waals surface area contributed by atoms with Crippen molar-refractivity contribution in [1.82, 2.24) is 19.6 Å². The van der Waals surface area contributed by atoms with Crippen molar-refractivity contribution in [2.75, 3.05) is 17.2 Å². The van der Waals surface area contributed by atoms with Crippen LogP contribution in [0.3, 0.4) is 0 Å². The number of hydrogen-bond acceptors (Lipinski definition) is 7. The summed E-state index contributed by atoms with van der Waals surface area (Å²) in [6.07, 6.45) is 8.69. The first-order valence-corrected chi connectivity index (χ1v) is 9.71. The Bertz CT molecular complexity index is 959. The van der Waals surface area contributed by atoms with Crippen LogP contribution in [0, 0.1) is 11.1 Å². The molecule has 148 valence electrons. The average molecular weight is 383 g/mol. The Morgan fingerprint density at radius 2 is 2.25 bits per heavy atom. The number of aliphatic hydroxyl groups excluding tert-OH is 1. The summed E-state index contributed by atoms with van der Waals surface area (Å²) >= 11 is 0. The highest BCUT2D eigenvalue weighted by Crippen LogP contribution is 2.28. The van der Waals surface area contributed by atoms with Gasteiger partial charge in [-0.2, -0.15) is 24.3 Å². The maximum absolute atomic E-state index is 11.5. The molecule has 2 unspecified atom stereocenters. The molecule has 0 bridgehead atoms. The Hall–Kier alpha value is -2.94. The fourth-order valence-corrected chi connectivity index (χ4v) is 3.75. The predicted octanol–water partition coefficient (Wildman–Crippen LogP) is 1.51. The summed E-state index contributed by atoms with van der Waals surface area (Å²) < 4.78 is 2.47. The minimum Gasteiger partial charge on any atom is -0.619 e. The van der Waals surface area contributed by atoms with E-state index in [4.69, 9.17) is 0 Å². The topological polar surface area (TPSA) is 114 Å². The molecule has 9 nitrogen and oxygen atoms in total. The molecule has 0 spiro atoms. The van der Waals surface area contributed by atoms with E-state index < -0.39 is 0 Å². The highest BCUT2D eigenvalue weighted by Gasteiger charge is 2.27. The average Bonchev–Trinajstić information content (AvgIpc) is 3.32. The molecule has 2 atom stereocenters. The van der Waals surface area contributed by atoms with E-state index in [-0.39, 0.29) is 18.6 Å². The van der Waals surface area contributed by atoms with Crippen LogP contribution in [0.1, 0.15) is 37.3 Å². The Kier molecular flexibility index (Phi) is 5.25. The molecule has 0 amide bonds. The molecular weight excluding hydrogens is 358 g/mol. The Labute approximate surface area is 163 Å². The second-order valence-corrected chi connectivity index (χ2v) is 7.18. The van der Waals surface area contributed by atoms with Crippen LogP contribution in [0.25, 0.3) is 5.65 Å². The monoisotopic (exact) mass is 383 g/mol. The maximum atomic E-state index is 11.5. The number of pyridine rings is 1. The van der Waals surface area contributed by atoms with E-state index in [0.717, 1.165) is 47.2 Å². The minimum atomic E-state index is 0.168. The number of rotatable bonds is 7. The van der Waals surface area contributed by atoms with Crippen molar-refractivity contribution in [3.63, 3.8) is 0 Å². The number of aryl methyl sites for hydroxylation is 1. The number of fused-ring (bicyclic) bond motifs is 1. The molecule has 1 aliphatic carbocycles. The Balaban J connectivity index is 1.63. The lowest BCUT2D eigenvalue weighted by Crippen LogP contribution is -2.28. The predicted molar refractivity (Wildman–Crippen MR) is 105 cm³/mol. The van der Waals surface area contributed by atoms with Gasteiger partial charge < -0.3 is 20.9 Å². The standard InChI is InChI=1S/C19H25N7O2/c1-2-14-10-21-26-17(14)23-18(22-16-7-3-6-15(16)12-27)24-19(26)20-9-13-5-4-8-25(28)11-13/h4-5,8,10-11,15-16,27H,2-3,6-7,9,12H2,1H3,(H2,20,22,23,24). The molecule has 0 radical (unpaired) electrons. The largest absolute Gasteiger partial charge is 0.619 e. The number of nitrogens with zero attached hydrogens (tertiary/aromatic N) is 5. The van der Waals surface area contributed by atoms with Gasteiger partial charge in [0.1, 0.15) is 0 Å². The second-order valence-electron chi connectivity index (χ2n) is 7.18. The smallest absolute Gasteiger partial charge is 0.229 e. The number of aromatic nitrogens is 5. The summed E-state index contributed by atoms with van der Waals surface area (Å²) in [5, 5.41) is 32.2. The number of hydrogen-bond donors (Lipinski definition) is 3. The van der Waals surface area contributed by atoms with Crippen LogP contribution < -0.4 is 15.4 Å². The van der Waals surface area contributed by atoms with Crippen LogP contribution >= 0.6 is 0 Å². The maximum Gasteiger partial charge on any atom is 0.229 e. The van der Waals surface area contributed by atoms with E-state index >= 15 is 0 Å². The molecule has 0 aromatic carbocycles. The summed E-state index contributed by atoms with van der Waals surface area (Å²) in [6.45, 7) is 2.68. The second kappa shape index (κ2) is 7.97. The third-order valence-corrected chi connectivity index (χ3v) is 5.32. The zero-order valence-corrected chi connectivity index (χ0v) is 15.9. The molecule has 9 heteroatoms. The van der Waals surface area contributed by atoms with Crippen LogP contribution in [-0.4, -0.2) is 37.3 Å². The zero-order valence-electron chi connectivity index (χ0n) is 15.9. The molecule has 3 aromatic heterocycles. The zero-order chi connectivity index (χ0) is 19.5. The van der Waals surface area contributed by atoms with Crippen molar-refractivity contribution in [2.45, 2.75) is 45.2 Å². The summed E-state index contributed by atoms with van der Waals surface area (Å²) in [4.78, 5) is 9.29. The molecule has 1 fully saturated rings. The van der Waals surface area contributed by atoms with Crippen molar-refractivity contribution >= 4 is 17.5 Å². The van der Waals surface area contributed by atoms with E-state index in [2.05, 4.69) is 32.6 Å². The van der Waals surface area contributed by atoms with Crippen LogP contribution in [0.4, 0.5) is 11.9 Å². The quantitative estimate of drug-likeness (QED) is 0.418.